The number of benzene rings is 1. The highest BCUT2D eigenvalue weighted by atomic mass is 32.1. The van der Waals surface area contributed by atoms with E-state index in [1.54, 1.807) is 5.38 Å². The van der Waals surface area contributed by atoms with Crippen LogP contribution in [0.2, 0.25) is 0 Å². The molecule has 1 aliphatic rings. The third-order valence-electron chi connectivity index (χ3n) is 4.65. The maximum Gasteiger partial charge on any atom is 0.393 e. The summed E-state index contributed by atoms with van der Waals surface area (Å²) in [6.45, 7) is -0.222. The highest BCUT2D eigenvalue weighted by Gasteiger charge is 2.42. The summed E-state index contributed by atoms with van der Waals surface area (Å²) in [5.41, 5.74) is 1.17. The summed E-state index contributed by atoms with van der Waals surface area (Å²) in [6, 6.07) is 9.48. The fourth-order valence-electron chi connectivity index (χ4n) is 3.12. The maximum atomic E-state index is 13.0. The van der Waals surface area contributed by atoms with Crippen molar-refractivity contribution in [2.24, 2.45) is 5.92 Å². The van der Waals surface area contributed by atoms with Crippen LogP contribution in [-0.2, 0) is 19.5 Å². The van der Waals surface area contributed by atoms with Crippen molar-refractivity contribution >= 4 is 17.2 Å². The molecule has 146 valence electrons. The average Bonchev–Trinajstić information content (AvgIpc) is 3.33. The van der Waals surface area contributed by atoms with Crippen molar-refractivity contribution in [1.29, 1.82) is 0 Å². The van der Waals surface area contributed by atoms with E-state index in [2.05, 4.69) is 20.5 Å². The van der Waals surface area contributed by atoms with Crippen LogP contribution in [0.1, 0.15) is 28.6 Å². The lowest BCUT2D eigenvalue weighted by atomic mass is 9.99. The van der Waals surface area contributed by atoms with Crippen LogP contribution in [0.4, 0.5) is 13.2 Å². The van der Waals surface area contributed by atoms with Crippen LogP contribution >= 0.6 is 11.3 Å². The van der Waals surface area contributed by atoms with Gasteiger partial charge in [-0.05, 0) is 6.42 Å². The van der Waals surface area contributed by atoms with Crippen LogP contribution in [0.5, 0.6) is 0 Å². The maximum absolute atomic E-state index is 13.0. The van der Waals surface area contributed by atoms with E-state index in [-0.39, 0.29) is 31.6 Å². The second kappa shape index (κ2) is 7.34. The molecule has 10 heteroatoms. The van der Waals surface area contributed by atoms with Gasteiger partial charge < -0.3 is 9.88 Å². The minimum atomic E-state index is -4.25. The van der Waals surface area contributed by atoms with Crippen molar-refractivity contribution in [2.75, 3.05) is 0 Å². The highest BCUT2D eigenvalue weighted by Crippen LogP contribution is 2.34. The van der Waals surface area contributed by atoms with Gasteiger partial charge in [-0.25, -0.2) is 4.98 Å². The molecule has 1 N–H and O–H groups in total. The number of alkyl halides is 3. The molecule has 1 aromatic carbocycles. The minimum Gasteiger partial charge on any atom is -0.343 e. The number of rotatable bonds is 4. The number of nitrogens with zero attached hydrogens (tertiary/aromatic N) is 4. The molecular weight excluding hydrogens is 391 g/mol. The summed E-state index contributed by atoms with van der Waals surface area (Å²) in [4.78, 5) is 16.7. The fraction of sp³-hybridized carbons (Fsp3) is 0.333. The average molecular weight is 407 g/mol. The smallest absolute Gasteiger partial charge is 0.343 e. The molecule has 4 rings (SSSR count). The third kappa shape index (κ3) is 3.77. The monoisotopic (exact) mass is 407 g/mol. The number of nitrogens with one attached hydrogen (secondary N) is 1. The van der Waals surface area contributed by atoms with Crippen molar-refractivity contribution in [3.8, 4) is 10.6 Å². The Hall–Kier alpha value is -2.75. The Kier molecular flexibility index (Phi) is 4.88. The molecule has 3 heterocycles. The number of halogens is 3. The van der Waals surface area contributed by atoms with Crippen molar-refractivity contribution in [3.05, 3.63) is 53.1 Å². The Bertz CT molecular complexity index is 983. The molecule has 0 fully saturated rings. The first-order valence-corrected chi connectivity index (χ1v) is 9.56. The Morgan fingerprint density at radius 2 is 2.04 bits per heavy atom. The topological polar surface area (TPSA) is 72.7 Å². The Labute approximate surface area is 162 Å². The molecule has 0 spiro atoms. The second-order valence-corrected chi connectivity index (χ2v) is 7.36. The first kappa shape index (κ1) is 18.6. The first-order valence-electron chi connectivity index (χ1n) is 8.68. The van der Waals surface area contributed by atoms with Gasteiger partial charge in [0.05, 0.1) is 12.5 Å². The minimum absolute atomic E-state index is 0.00535. The largest absolute Gasteiger partial charge is 0.393 e. The molecule has 0 saturated heterocycles. The van der Waals surface area contributed by atoms with Crippen molar-refractivity contribution in [2.45, 2.75) is 32.1 Å². The summed E-state index contributed by atoms with van der Waals surface area (Å²) >= 11 is 1.35. The number of hydrogen-bond donors (Lipinski definition) is 1. The summed E-state index contributed by atoms with van der Waals surface area (Å²) in [5.74, 6) is -0.989. The van der Waals surface area contributed by atoms with E-state index in [0.29, 0.717) is 11.6 Å². The molecule has 0 unspecified atom stereocenters. The van der Waals surface area contributed by atoms with Crippen LogP contribution in [0.3, 0.4) is 0 Å². The Balaban J connectivity index is 1.43. The number of amides is 1. The van der Waals surface area contributed by atoms with E-state index in [9.17, 15) is 18.0 Å². The molecule has 0 radical (unpaired) electrons. The van der Waals surface area contributed by atoms with Crippen molar-refractivity contribution < 1.29 is 18.0 Å². The highest BCUT2D eigenvalue weighted by molar-refractivity contribution is 7.13. The van der Waals surface area contributed by atoms with Gasteiger partial charge in [0.2, 0.25) is 0 Å². The third-order valence-corrected chi connectivity index (χ3v) is 5.54. The van der Waals surface area contributed by atoms with Gasteiger partial charge in [0, 0.05) is 23.9 Å². The molecular formula is C18H16F3N5OS. The summed E-state index contributed by atoms with van der Waals surface area (Å²) < 4.78 is 40.5. The molecule has 1 amide bonds. The lowest BCUT2D eigenvalue weighted by molar-refractivity contribution is -0.182. The molecule has 6 nitrogen and oxygen atoms in total. The Morgan fingerprint density at radius 3 is 2.79 bits per heavy atom. The van der Waals surface area contributed by atoms with E-state index in [4.69, 9.17) is 0 Å². The first-order chi connectivity index (χ1) is 13.4. The zero-order valence-electron chi connectivity index (χ0n) is 14.6. The van der Waals surface area contributed by atoms with Crippen molar-refractivity contribution in [1.82, 2.24) is 25.1 Å². The lowest BCUT2D eigenvalue weighted by Crippen LogP contribution is -2.34. The lowest BCUT2D eigenvalue weighted by Gasteiger charge is -2.26. The normalized spacial score (nSPS) is 16.6. The zero-order chi connectivity index (χ0) is 19.7. The van der Waals surface area contributed by atoms with Gasteiger partial charge in [0.1, 0.15) is 16.5 Å². The standard InChI is InChI=1S/C18H16F3N5OS/c19-18(20,21)12-6-7-14-24-25-15(26(14)9-12)8-22-16(27)13-10-28-17(23-13)11-4-2-1-3-5-11/h1-5,10,12H,6-9H2,(H,22,27)/t12-/m1/s1. The van der Waals surface area contributed by atoms with Gasteiger partial charge in [0.25, 0.3) is 5.91 Å². The van der Waals surface area contributed by atoms with Crippen LogP contribution in [-0.4, -0.2) is 31.8 Å². The molecule has 0 aliphatic carbocycles. The van der Waals surface area contributed by atoms with Crippen LogP contribution < -0.4 is 5.32 Å². The number of thiazole rings is 1. The number of aryl methyl sites for hydroxylation is 1. The summed E-state index contributed by atoms with van der Waals surface area (Å²) in [5, 5.41) is 12.9. The van der Waals surface area contributed by atoms with Gasteiger partial charge in [0.15, 0.2) is 5.82 Å². The van der Waals surface area contributed by atoms with E-state index < -0.39 is 18.0 Å². The molecule has 1 atom stereocenters. The van der Waals surface area contributed by atoms with Crippen LogP contribution in [0, 0.1) is 5.92 Å². The molecule has 28 heavy (non-hydrogen) atoms. The zero-order valence-corrected chi connectivity index (χ0v) is 15.4. The fourth-order valence-corrected chi connectivity index (χ4v) is 3.93. The predicted octanol–water partition coefficient (Wildman–Crippen LogP) is 3.46. The van der Waals surface area contributed by atoms with Crippen molar-refractivity contribution in [3.63, 3.8) is 0 Å². The van der Waals surface area contributed by atoms with Gasteiger partial charge >= 0.3 is 6.18 Å². The molecule has 1 aliphatic heterocycles. The number of aromatic nitrogens is 4. The van der Waals surface area contributed by atoms with Crippen LogP contribution in [0.25, 0.3) is 10.6 Å². The van der Waals surface area contributed by atoms with Crippen LogP contribution in [0.15, 0.2) is 35.7 Å². The van der Waals surface area contributed by atoms with E-state index >= 15 is 0 Å². The molecule has 2 aromatic heterocycles. The number of hydrogen-bond acceptors (Lipinski definition) is 5. The second-order valence-electron chi connectivity index (χ2n) is 6.51. The van der Waals surface area contributed by atoms with Gasteiger partial charge in [-0.3, -0.25) is 4.79 Å². The molecule has 3 aromatic rings. The molecule has 0 bridgehead atoms. The number of carbonyl (C=O) groups is 1. The Morgan fingerprint density at radius 1 is 1.25 bits per heavy atom. The van der Waals surface area contributed by atoms with E-state index in [1.807, 2.05) is 30.3 Å². The summed E-state index contributed by atoms with van der Waals surface area (Å²) in [7, 11) is 0. The number of carbonyl (C=O) groups excluding carboxylic acids is 1. The summed E-state index contributed by atoms with van der Waals surface area (Å²) in [6.07, 6.45) is -4.02. The predicted molar refractivity (Wildman–Crippen MR) is 96.6 cm³/mol. The number of fused-ring (bicyclic) bond motifs is 1. The van der Waals surface area contributed by atoms with E-state index in [0.717, 1.165) is 10.6 Å². The SMILES string of the molecule is O=C(NCc1nnc2n1C[C@H](C(F)(F)F)CC2)c1csc(-c2ccccc2)n1. The van der Waals surface area contributed by atoms with Gasteiger partial charge in [-0.2, -0.15) is 13.2 Å². The van der Waals surface area contributed by atoms with Gasteiger partial charge in [-0.1, -0.05) is 30.3 Å². The molecule has 0 saturated carbocycles. The van der Waals surface area contributed by atoms with E-state index in [1.165, 1.54) is 15.9 Å². The van der Waals surface area contributed by atoms with Gasteiger partial charge in [-0.15, -0.1) is 21.5 Å². The quantitative estimate of drug-likeness (QED) is 0.719.